The molecule has 3 rings (SSSR count). The van der Waals surface area contributed by atoms with Gasteiger partial charge in [0.25, 0.3) is 5.91 Å². The van der Waals surface area contributed by atoms with Crippen molar-refractivity contribution in [1.82, 2.24) is 20.8 Å². The van der Waals surface area contributed by atoms with Crippen LogP contribution in [0.4, 0.5) is 0 Å². The largest absolute Gasteiger partial charge is 0.349 e. The molecule has 5 nitrogen and oxygen atoms in total. The zero-order valence-corrected chi connectivity index (χ0v) is 11.2. The Morgan fingerprint density at radius 2 is 1.95 bits per heavy atom. The lowest BCUT2D eigenvalue weighted by Gasteiger charge is -2.23. The van der Waals surface area contributed by atoms with Gasteiger partial charge in [0.2, 0.25) is 0 Å². The molecule has 1 amide bonds. The molecular formula is C15H18N4O. The van der Waals surface area contributed by atoms with Crippen LogP contribution in [0, 0.1) is 0 Å². The van der Waals surface area contributed by atoms with Crippen LogP contribution in [-0.4, -0.2) is 35.2 Å². The van der Waals surface area contributed by atoms with Gasteiger partial charge in [-0.3, -0.25) is 9.89 Å². The van der Waals surface area contributed by atoms with Gasteiger partial charge >= 0.3 is 0 Å². The van der Waals surface area contributed by atoms with Crippen LogP contribution in [0.25, 0.3) is 11.3 Å². The van der Waals surface area contributed by atoms with E-state index in [-0.39, 0.29) is 11.9 Å². The summed E-state index contributed by atoms with van der Waals surface area (Å²) in [5.41, 5.74) is 2.35. The minimum absolute atomic E-state index is 0.0514. The maximum Gasteiger partial charge on any atom is 0.255 e. The zero-order valence-electron chi connectivity index (χ0n) is 11.2. The van der Waals surface area contributed by atoms with Gasteiger partial charge in [0.1, 0.15) is 0 Å². The van der Waals surface area contributed by atoms with E-state index in [1.807, 2.05) is 30.3 Å². The number of nitrogens with zero attached hydrogens (tertiary/aromatic N) is 1. The third kappa shape index (κ3) is 2.72. The van der Waals surface area contributed by atoms with Crippen molar-refractivity contribution in [3.05, 3.63) is 42.1 Å². The molecule has 0 saturated carbocycles. The Kier molecular flexibility index (Phi) is 3.78. The van der Waals surface area contributed by atoms with Crippen molar-refractivity contribution in [3.63, 3.8) is 0 Å². The van der Waals surface area contributed by atoms with Crippen LogP contribution < -0.4 is 10.6 Å². The first kappa shape index (κ1) is 12.9. The standard InChI is InChI=1S/C15H18N4O/c20-15(18-12-6-8-16-9-7-12)13-10-17-19-14(13)11-4-2-1-3-5-11/h1-5,10,12,16H,6-9H2,(H,17,19)(H,18,20). The quantitative estimate of drug-likeness (QED) is 0.792. The van der Waals surface area contributed by atoms with E-state index in [1.165, 1.54) is 0 Å². The summed E-state index contributed by atoms with van der Waals surface area (Å²) in [6, 6.07) is 10.0. The monoisotopic (exact) mass is 270 g/mol. The molecule has 104 valence electrons. The van der Waals surface area contributed by atoms with Gasteiger partial charge in [0.05, 0.1) is 17.5 Å². The Hall–Kier alpha value is -2.14. The van der Waals surface area contributed by atoms with Gasteiger partial charge in [-0.15, -0.1) is 0 Å². The molecule has 2 aromatic rings. The smallest absolute Gasteiger partial charge is 0.255 e. The molecule has 1 saturated heterocycles. The fraction of sp³-hybridized carbons (Fsp3) is 0.333. The van der Waals surface area contributed by atoms with Crippen molar-refractivity contribution >= 4 is 5.91 Å². The topological polar surface area (TPSA) is 69.8 Å². The summed E-state index contributed by atoms with van der Waals surface area (Å²) in [4.78, 5) is 12.4. The summed E-state index contributed by atoms with van der Waals surface area (Å²) in [6.07, 6.45) is 3.55. The van der Waals surface area contributed by atoms with E-state index in [4.69, 9.17) is 0 Å². The number of carbonyl (C=O) groups is 1. The van der Waals surface area contributed by atoms with Crippen molar-refractivity contribution in [2.75, 3.05) is 13.1 Å². The van der Waals surface area contributed by atoms with E-state index in [0.29, 0.717) is 5.56 Å². The number of benzene rings is 1. The molecule has 0 aliphatic carbocycles. The highest BCUT2D eigenvalue weighted by Crippen LogP contribution is 2.20. The number of rotatable bonds is 3. The van der Waals surface area contributed by atoms with Crippen LogP contribution >= 0.6 is 0 Å². The Morgan fingerprint density at radius 3 is 2.70 bits per heavy atom. The van der Waals surface area contributed by atoms with Gasteiger partial charge in [-0.1, -0.05) is 30.3 Å². The average molecular weight is 270 g/mol. The number of hydrogen-bond donors (Lipinski definition) is 3. The van der Waals surface area contributed by atoms with Crippen molar-refractivity contribution in [2.24, 2.45) is 0 Å². The van der Waals surface area contributed by atoms with E-state index in [1.54, 1.807) is 6.20 Å². The minimum Gasteiger partial charge on any atom is -0.349 e. The van der Waals surface area contributed by atoms with Gasteiger partial charge in [0, 0.05) is 11.6 Å². The SMILES string of the molecule is O=C(NC1CCNCC1)c1cn[nH]c1-c1ccccc1. The molecule has 2 heterocycles. The second kappa shape index (κ2) is 5.88. The molecule has 0 radical (unpaired) electrons. The van der Waals surface area contributed by atoms with Crippen LogP contribution in [0.1, 0.15) is 23.2 Å². The highest BCUT2D eigenvalue weighted by molar-refractivity contribution is 5.99. The lowest BCUT2D eigenvalue weighted by Crippen LogP contribution is -2.42. The van der Waals surface area contributed by atoms with Crippen LogP contribution in [0.15, 0.2) is 36.5 Å². The predicted octanol–water partition coefficient (Wildman–Crippen LogP) is 1.56. The number of carbonyl (C=O) groups excluding carboxylic acids is 1. The number of nitrogens with one attached hydrogen (secondary N) is 3. The zero-order chi connectivity index (χ0) is 13.8. The number of amides is 1. The third-order valence-electron chi connectivity index (χ3n) is 3.62. The molecule has 1 aliphatic heterocycles. The summed E-state index contributed by atoms with van der Waals surface area (Å²) >= 11 is 0. The summed E-state index contributed by atoms with van der Waals surface area (Å²) in [5, 5.41) is 13.3. The molecule has 0 spiro atoms. The lowest BCUT2D eigenvalue weighted by molar-refractivity contribution is 0.0930. The van der Waals surface area contributed by atoms with E-state index in [0.717, 1.165) is 37.2 Å². The van der Waals surface area contributed by atoms with Gasteiger partial charge in [-0.2, -0.15) is 5.10 Å². The Balaban J connectivity index is 1.77. The first-order valence-electron chi connectivity index (χ1n) is 6.95. The predicted molar refractivity (Wildman–Crippen MR) is 77.4 cm³/mol. The number of piperidine rings is 1. The first-order chi connectivity index (χ1) is 9.84. The maximum absolute atomic E-state index is 12.4. The van der Waals surface area contributed by atoms with E-state index in [9.17, 15) is 4.79 Å². The summed E-state index contributed by atoms with van der Waals surface area (Å²) in [5.74, 6) is -0.0514. The summed E-state index contributed by atoms with van der Waals surface area (Å²) < 4.78 is 0. The van der Waals surface area contributed by atoms with Crippen molar-refractivity contribution in [1.29, 1.82) is 0 Å². The maximum atomic E-state index is 12.4. The molecule has 1 aromatic carbocycles. The highest BCUT2D eigenvalue weighted by Gasteiger charge is 2.20. The fourth-order valence-corrected chi connectivity index (χ4v) is 2.51. The molecule has 0 atom stereocenters. The van der Waals surface area contributed by atoms with Gasteiger partial charge in [-0.05, 0) is 25.9 Å². The second-order valence-electron chi connectivity index (χ2n) is 5.02. The minimum atomic E-state index is -0.0514. The third-order valence-corrected chi connectivity index (χ3v) is 3.62. The van der Waals surface area contributed by atoms with E-state index >= 15 is 0 Å². The lowest BCUT2D eigenvalue weighted by atomic mass is 10.0. The molecule has 1 aromatic heterocycles. The number of aromatic amines is 1. The number of aromatic nitrogens is 2. The van der Waals surface area contributed by atoms with Crippen LogP contribution in [0.3, 0.4) is 0 Å². The normalized spacial score (nSPS) is 16.0. The molecule has 1 fully saturated rings. The van der Waals surface area contributed by atoms with Crippen molar-refractivity contribution in [3.8, 4) is 11.3 Å². The van der Waals surface area contributed by atoms with E-state index < -0.39 is 0 Å². The molecular weight excluding hydrogens is 252 g/mol. The molecule has 0 bridgehead atoms. The Morgan fingerprint density at radius 1 is 1.20 bits per heavy atom. The molecule has 0 unspecified atom stereocenters. The van der Waals surface area contributed by atoms with Crippen LogP contribution in [-0.2, 0) is 0 Å². The molecule has 3 N–H and O–H groups in total. The Labute approximate surface area is 117 Å². The fourth-order valence-electron chi connectivity index (χ4n) is 2.51. The molecule has 20 heavy (non-hydrogen) atoms. The number of H-pyrrole nitrogens is 1. The van der Waals surface area contributed by atoms with Gasteiger partial charge < -0.3 is 10.6 Å². The summed E-state index contributed by atoms with van der Waals surface area (Å²) in [6.45, 7) is 1.92. The van der Waals surface area contributed by atoms with Crippen molar-refractivity contribution in [2.45, 2.75) is 18.9 Å². The average Bonchev–Trinajstić information content (AvgIpc) is 2.99. The van der Waals surface area contributed by atoms with Gasteiger partial charge in [0.15, 0.2) is 0 Å². The molecule has 1 aliphatic rings. The molecule has 5 heteroatoms. The second-order valence-corrected chi connectivity index (χ2v) is 5.02. The Bertz CT molecular complexity index is 573. The first-order valence-corrected chi connectivity index (χ1v) is 6.95. The summed E-state index contributed by atoms with van der Waals surface area (Å²) in [7, 11) is 0. The van der Waals surface area contributed by atoms with E-state index in [2.05, 4.69) is 20.8 Å². The number of hydrogen-bond acceptors (Lipinski definition) is 3. The van der Waals surface area contributed by atoms with Gasteiger partial charge in [-0.25, -0.2) is 0 Å². The van der Waals surface area contributed by atoms with Crippen molar-refractivity contribution < 1.29 is 4.79 Å². The van der Waals surface area contributed by atoms with Crippen LogP contribution in [0.5, 0.6) is 0 Å². The highest BCUT2D eigenvalue weighted by atomic mass is 16.1. The van der Waals surface area contributed by atoms with Crippen LogP contribution in [0.2, 0.25) is 0 Å².